The van der Waals surface area contributed by atoms with Crippen molar-refractivity contribution >= 4 is 27.5 Å². The average molecular weight is 263 g/mol. The zero-order valence-corrected chi connectivity index (χ0v) is 10.8. The third-order valence-electron chi connectivity index (χ3n) is 3.09. The largest absolute Gasteiger partial charge is 0.467 e. The molecule has 0 aliphatic heterocycles. The van der Waals surface area contributed by atoms with Gasteiger partial charge in [0.1, 0.15) is 11.2 Å². The first-order valence-electron chi connectivity index (χ1n) is 5.88. The number of carbonyl (C=O) groups is 1. The Balaban J connectivity index is 1.98. The lowest BCUT2D eigenvalue weighted by atomic mass is 10.2. The van der Waals surface area contributed by atoms with Crippen LogP contribution in [0.1, 0.15) is 16.9 Å². The fourth-order valence-electron chi connectivity index (χ4n) is 2.22. The highest BCUT2D eigenvalue weighted by Gasteiger charge is 2.22. The number of aromatic nitrogens is 2. The zero-order chi connectivity index (χ0) is 12.5. The van der Waals surface area contributed by atoms with Crippen LogP contribution in [0.15, 0.2) is 6.33 Å². The summed E-state index contributed by atoms with van der Waals surface area (Å²) in [5.41, 5.74) is 1.31. The molecule has 2 aromatic rings. The number of hydrogen-bond acceptors (Lipinski definition) is 5. The Hall–Kier alpha value is -1.69. The molecule has 5 nitrogen and oxygen atoms in total. The summed E-state index contributed by atoms with van der Waals surface area (Å²) in [5, 5.41) is 3.52. The molecule has 0 aromatic carbocycles. The van der Waals surface area contributed by atoms with Gasteiger partial charge in [-0.05, 0) is 24.8 Å². The molecule has 2 heterocycles. The number of fused-ring (bicyclic) bond motifs is 3. The Bertz CT molecular complexity index is 609. The molecule has 0 fully saturated rings. The molecule has 0 saturated carbocycles. The predicted molar refractivity (Wildman–Crippen MR) is 69.0 cm³/mol. The highest BCUT2D eigenvalue weighted by molar-refractivity contribution is 7.18. The van der Waals surface area contributed by atoms with Gasteiger partial charge in [0.15, 0.2) is 6.61 Å². The molecule has 1 aliphatic carbocycles. The summed E-state index contributed by atoms with van der Waals surface area (Å²) in [6.07, 6.45) is 4.85. The van der Waals surface area contributed by atoms with Gasteiger partial charge in [-0.15, -0.1) is 11.3 Å². The number of amides is 1. The Morgan fingerprint density at radius 2 is 2.39 bits per heavy atom. The summed E-state index contributed by atoms with van der Waals surface area (Å²) in [7, 11) is 1.59. The van der Waals surface area contributed by atoms with Gasteiger partial charge in [0.25, 0.3) is 5.91 Å². The molecule has 6 heteroatoms. The number of ether oxygens (including phenoxy) is 1. The van der Waals surface area contributed by atoms with Gasteiger partial charge in [-0.2, -0.15) is 0 Å². The van der Waals surface area contributed by atoms with Crippen molar-refractivity contribution in [1.82, 2.24) is 15.3 Å². The van der Waals surface area contributed by atoms with Gasteiger partial charge in [-0.25, -0.2) is 9.97 Å². The minimum Gasteiger partial charge on any atom is -0.467 e. The molecule has 3 rings (SSSR count). The van der Waals surface area contributed by atoms with Crippen LogP contribution in [0, 0.1) is 0 Å². The SMILES string of the molecule is CNC(=O)COc1ncnc2sc3c(c12)CCC3. The van der Waals surface area contributed by atoms with E-state index in [1.807, 2.05) is 0 Å². The minimum absolute atomic E-state index is 0.00671. The number of hydrogen-bond donors (Lipinski definition) is 1. The summed E-state index contributed by atoms with van der Waals surface area (Å²) in [5.74, 6) is 0.372. The number of aryl methyl sites for hydroxylation is 2. The van der Waals surface area contributed by atoms with Crippen molar-refractivity contribution < 1.29 is 9.53 Å². The summed E-state index contributed by atoms with van der Waals surface area (Å²) in [6.45, 7) is -0.00671. The number of carbonyl (C=O) groups excluding carboxylic acids is 1. The number of thiophene rings is 1. The van der Waals surface area contributed by atoms with E-state index < -0.39 is 0 Å². The summed E-state index contributed by atoms with van der Waals surface area (Å²) in [4.78, 5) is 22.0. The van der Waals surface area contributed by atoms with Gasteiger partial charge < -0.3 is 10.1 Å². The van der Waals surface area contributed by atoms with Crippen LogP contribution < -0.4 is 10.1 Å². The van der Waals surface area contributed by atoms with E-state index in [0.29, 0.717) is 5.88 Å². The molecule has 1 N–H and O–H groups in total. The summed E-state index contributed by atoms with van der Waals surface area (Å²) >= 11 is 1.71. The third-order valence-corrected chi connectivity index (χ3v) is 4.29. The highest BCUT2D eigenvalue weighted by Crippen LogP contribution is 2.39. The van der Waals surface area contributed by atoms with Crippen LogP contribution in [0.25, 0.3) is 10.2 Å². The fraction of sp³-hybridized carbons (Fsp3) is 0.417. The Morgan fingerprint density at radius 1 is 1.50 bits per heavy atom. The maximum Gasteiger partial charge on any atom is 0.257 e. The molecule has 0 unspecified atom stereocenters. The third kappa shape index (κ3) is 1.82. The first kappa shape index (κ1) is 11.4. The Kier molecular flexibility index (Phi) is 2.87. The van der Waals surface area contributed by atoms with Crippen LogP contribution in [0.2, 0.25) is 0 Å². The summed E-state index contributed by atoms with van der Waals surface area (Å²) in [6, 6.07) is 0. The number of rotatable bonds is 3. The second-order valence-electron chi connectivity index (χ2n) is 4.18. The van der Waals surface area contributed by atoms with E-state index >= 15 is 0 Å². The van der Waals surface area contributed by atoms with Crippen molar-refractivity contribution in [3.63, 3.8) is 0 Å². The first-order valence-corrected chi connectivity index (χ1v) is 6.70. The van der Waals surface area contributed by atoms with Crippen molar-refractivity contribution in [3.8, 4) is 5.88 Å². The molecule has 0 bridgehead atoms. The molecule has 2 aromatic heterocycles. The average Bonchev–Trinajstić information content (AvgIpc) is 2.95. The minimum atomic E-state index is -0.159. The van der Waals surface area contributed by atoms with Gasteiger partial charge in [0, 0.05) is 11.9 Å². The number of nitrogens with zero attached hydrogens (tertiary/aromatic N) is 2. The van der Waals surface area contributed by atoms with E-state index in [1.54, 1.807) is 18.4 Å². The van der Waals surface area contributed by atoms with Crippen molar-refractivity contribution in [3.05, 3.63) is 16.8 Å². The quantitative estimate of drug-likeness (QED) is 0.906. The molecule has 0 saturated heterocycles. The monoisotopic (exact) mass is 263 g/mol. The van der Waals surface area contributed by atoms with Gasteiger partial charge in [0.2, 0.25) is 5.88 Å². The van der Waals surface area contributed by atoms with Gasteiger partial charge in [-0.3, -0.25) is 4.79 Å². The fourth-order valence-corrected chi connectivity index (χ4v) is 3.43. The van der Waals surface area contributed by atoms with E-state index in [4.69, 9.17) is 4.74 Å². The molecule has 1 aliphatic rings. The van der Waals surface area contributed by atoms with Crippen molar-refractivity contribution in [2.75, 3.05) is 13.7 Å². The number of likely N-dealkylation sites (N-methyl/N-ethyl adjacent to an activating group) is 1. The van der Waals surface area contributed by atoms with E-state index in [1.165, 1.54) is 23.2 Å². The van der Waals surface area contributed by atoms with E-state index in [-0.39, 0.29) is 12.5 Å². The molecule has 18 heavy (non-hydrogen) atoms. The van der Waals surface area contributed by atoms with Crippen LogP contribution in [-0.2, 0) is 17.6 Å². The van der Waals surface area contributed by atoms with E-state index in [2.05, 4.69) is 15.3 Å². The van der Waals surface area contributed by atoms with Gasteiger partial charge >= 0.3 is 0 Å². The second kappa shape index (κ2) is 4.53. The van der Waals surface area contributed by atoms with Crippen LogP contribution >= 0.6 is 11.3 Å². The molecule has 0 spiro atoms. The Morgan fingerprint density at radius 3 is 3.22 bits per heavy atom. The highest BCUT2D eigenvalue weighted by atomic mass is 32.1. The molecule has 0 atom stereocenters. The Labute approximate surface area is 108 Å². The maximum atomic E-state index is 11.2. The normalized spacial score (nSPS) is 13.6. The smallest absolute Gasteiger partial charge is 0.257 e. The second-order valence-corrected chi connectivity index (χ2v) is 5.26. The number of nitrogens with one attached hydrogen (secondary N) is 1. The standard InChI is InChI=1S/C12H13N3O2S/c1-13-9(16)5-17-11-10-7-3-2-4-8(7)18-12(10)15-6-14-11/h6H,2-5H2,1H3,(H,13,16). The van der Waals surface area contributed by atoms with Crippen LogP contribution in [-0.4, -0.2) is 29.5 Å². The lowest BCUT2D eigenvalue weighted by molar-refractivity contribution is -0.122. The lowest BCUT2D eigenvalue weighted by Gasteiger charge is -2.05. The van der Waals surface area contributed by atoms with Crippen LogP contribution in [0.4, 0.5) is 0 Å². The molecular formula is C12H13N3O2S. The van der Waals surface area contributed by atoms with Gasteiger partial charge in [0.05, 0.1) is 5.39 Å². The predicted octanol–water partition coefficient (Wildman–Crippen LogP) is 1.30. The lowest BCUT2D eigenvalue weighted by Crippen LogP contribution is -2.25. The molecule has 1 amide bonds. The van der Waals surface area contributed by atoms with Crippen molar-refractivity contribution in [1.29, 1.82) is 0 Å². The molecule has 0 radical (unpaired) electrons. The zero-order valence-electron chi connectivity index (χ0n) is 10.0. The van der Waals surface area contributed by atoms with E-state index in [0.717, 1.165) is 23.1 Å². The first-order chi connectivity index (χ1) is 8.79. The van der Waals surface area contributed by atoms with Gasteiger partial charge in [-0.1, -0.05) is 0 Å². The van der Waals surface area contributed by atoms with Crippen molar-refractivity contribution in [2.45, 2.75) is 19.3 Å². The maximum absolute atomic E-state index is 11.2. The summed E-state index contributed by atoms with van der Waals surface area (Å²) < 4.78 is 5.50. The molecule has 94 valence electrons. The van der Waals surface area contributed by atoms with E-state index in [9.17, 15) is 4.79 Å². The molecular weight excluding hydrogens is 250 g/mol. The van der Waals surface area contributed by atoms with Crippen LogP contribution in [0.5, 0.6) is 5.88 Å². The van der Waals surface area contributed by atoms with Crippen molar-refractivity contribution in [2.24, 2.45) is 0 Å². The van der Waals surface area contributed by atoms with Crippen LogP contribution in [0.3, 0.4) is 0 Å². The topological polar surface area (TPSA) is 64.1 Å².